The number of nitrogens with one attached hydrogen (secondary N) is 1. The third-order valence-corrected chi connectivity index (χ3v) is 7.60. The number of sulfonamides is 1. The van der Waals surface area contributed by atoms with E-state index in [-0.39, 0.29) is 10.8 Å². The molecule has 2 heterocycles. The minimum Gasteiger partial charge on any atom is -0.379 e. The molecule has 32 heavy (non-hydrogen) atoms. The van der Waals surface area contributed by atoms with Gasteiger partial charge in [-0.3, -0.25) is 9.69 Å². The molecule has 0 spiro atoms. The molecule has 2 aliphatic heterocycles. The van der Waals surface area contributed by atoms with E-state index >= 15 is 0 Å². The predicted octanol–water partition coefficient (Wildman–Crippen LogP) is 1.47. The summed E-state index contributed by atoms with van der Waals surface area (Å²) >= 11 is 0. The molecule has 1 N–H and O–H groups in total. The maximum absolute atomic E-state index is 12.7. The summed E-state index contributed by atoms with van der Waals surface area (Å²) in [5.74, 6) is -0.154. The van der Waals surface area contributed by atoms with Gasteiger partial charge in [-0.15, -0.1) is 0 Å². The van der Waals surface area contributed by atoms with Crippen LogP contribution in [0.4, 0.5) is 0 Å². The lowest BCUT2D eigenvalue weighted by Gasteiger charge is -2.26. The van der Waals surface area contributed by atoms with Gasteiger partial charge in [-0.2, -0.15) is 4.31 Å². The van der Waals surface area contributed by atoms with Gasteiger partial charge in [0.05, 0.1) is 31.3 Å². The van der Waals surface area contributed by atoms with Gasteiger partial charge in [0.1, 0.15) is 0 Å². The van der Waals surface area contributed by atoms with E-state index in [9.17, 15) is 13.2 Å². The molecule has 4 rings (SSSR count). The summed E-state index contributed by atoms with van der Waals surface area (Å²) in [5, 5.41) is 2.92. The van der Waals surface area contributed by atoms with Crippen molar-refractivity contribution in [3.05, 3.63) is 65.2 Å². The number of nitrogens with zero attached hydrogens (tertiary/aromatic N) is 2. The summed E-state index contributed by atoms with van der Waals surface area (Å²) in [6.07, 6.45) is 0. The van der Waals surface area contributed by atoms with Crippen LogP contribution >= 0.6 is 0 Å². The molecule has 0 unspecified atom stereocenters. The lowest BCUT2D eigenvalue weighted by Crippen LogP contribution is -2.40. The first-order valence-corrected chi connectivity index (χ1v) is 12.3. The van der Waals surface area contributed by atoms with Gasteiger partial charge in [0.15, 0.2) is 0 Å². The van der Waals surface area contributed by atoms with Crippen LogP contribution in [-0.4, -0.2) is 76.1 Å². The highest BCUT2D eigenvalue weighted by Gasteiger charge is 2.26. The molecule has 0 aromatic heterocycles. The Balaban J connectivity index is 1.33. The highest BCUT2D eigenvalue weighted by molar-refractivity contribution is 7.89. The van der Waals surface area contributed by atoms with Gasteiger partial charge in [0, 0.05) is 44.8 Å². The molecule has 2 aromatic rings. The Labute approximate surface area is 189 Å². The summed E-state index contributed by atoms with van der Waals surface area (Å²) < 4.78 is 37.5. The summed E-state index contributed by atoms with van der Waals surface area (Å²) in [6.45, 7) is 5.96. The molecule has 172 valence electrons. The molecule has 0 atom stereocenters. The summed E-state index contributed by atoms with van der Waals surface area (Å²) in [5.41, 5.74) is 2.54. The van der Waals surface area contributed by atoms with Crippen LogP contribution in [0.5, 0.6) is 0 Å². The molecule has 0 aliphatic carbocycles. The number of hydrogen-bond donors (Lipinski definition) is 1. The van der Waals surface area contributed by atoms with Crippen LogP contribution in [0.25, 0.3) is 0 Å². The van der Waals surface area contributed by atoms with Crippen molar-refractivity contribution in [2.75, 3.05) is 52.6 Å². The second kappa shape index (κ2) is 10.5. The van der Waals surface area contributed by atoms with Crippen molar-refractivity contribution in [2.45, 2.75) is 18.0 Å². The SMILES string of the molecule is O=C(NCc1ccc(S(=O)(=O)N2CCOCC2)cc1)c1cccc(CN2CCOCC2)c1. The zero-order valence-electron chi connectivity index (χ0n) is 18.0. The summed E-state index contributed by atoms with van der Waals surface area (Å²) in [4.78, 5) is 15.2. The highest BCUT2D eigenvalue weighted by Crippen LogP contribution is 2.18. The Morgan fingerprint density at radius 3 is 2.22 bits per heavy atom. The van der Waals surface area contributed by atoms with Crippen LogP contribution in [-0.2, 0) is 32.6 Å². The predicted molar refractivity (Wildman–Crippen MR) is 120 cm³/mol. The summed E-state index contributed by atoms with van der Waals surface area (Å²) in [6, 6.07) is 14.3. The fraction of sp³-hybridized carbons (Fsp3) is 0.435. The van der Waals surface area contributed by atoms with E-state index in [4.69, 9.17) is 9.47 Å². The Hall–Kier alpha value is -2.30. The molecule has 2 fully saturated rings. The molecule has 2 saturated heterocycles. The van der Waals surface area contributed by atoms with Gasteiger partial charge in [-0.1, -0.05) is 24.3 Å². The number of carbonyl (C=O) groups excluding carboxylic acids is 1. The van der Waals surface area contributed by atoms with Gasteiger partial charge in [0.2, 0.25) is 10.0 Å². The Bertz CT molecular complexity index is 1010. The Morgan fingerprint density at radius 1 is 0.875 bits per heavy atom. The number of benzene rings is 2. The maximum atomic E-state index is 12.7. The fourth-order valence-corrected chi connectivity index (χ4v) is 5.24. The van der Waals surface area contributed by atoms with E-state index in [1.807, 2.05) is 18.2 Å². The maximum Gasteiger partial charge on any atom is 0.251 e. The van der Waals surface area contributed by atoms with E-state index in [2.05, 4.69) is 10.2 Å². The Kier molecular flexibility index (Phi) is 7.54. The van der Waals surface area contributed by atoms with Crippen LogP contribution in [0.1, 0.15) is 21.5 Å². The first-order valence-electron chi connectivity index (χ1n) is 10.9. The zero-order valence-corrected chi connectivity index (χ0v) is 18.9. The zero-order chi connectivity index (χ0) is 22.4. The summed E-state index contributed by atoms with van der Waals surface area (Å²) in [7, 11) is -3.52. The van der Waals surface area contributed by atoms with Crippen LogP contribution in [0.3, 0.4) is 0 Å². The average molecular weight is 460 g/mol. The minimum atomic E-state index is -3.52. The molecular formula is C23H29N3O5S. The third-order valence-electron chi connectivity index (χ3n) is 5.68. The molecule has 0 saturated carbocycles. The van der Waals surface area contributed by atoms with Crippen molar-refractivity contribution in [2.24, 2.45) is 0 Å². The lowest BCUT2D eigenvalue weighted by molar-refractivity contribution is 0.0342. The molecule has 2 aliphatic rings. The van der Waals surface area contributed by atoms with Gasteiger partial charge in [-0.25, -0.2) is 8.42 Å². The fourth-order valence-electron chi connectivity index (χ4n) is 3.83. The van der Waals surface area contributed by atoms with E-state index in [1.54, 1.807) is 30.3 Å². The number of carbonyl (C=O) groups is 1. The second-order valence-corrected chi connectivity index (χ2v) is 9.87. The first kappa shape index (κ1) is 22.9. The van der Waals surface area contributed by atoms with Gasteiger partial charge in [0.25, 0.3) is 5.91 Å². The Morgan fingerprint density at radius 2 is 1.53 bits per heavy atom. The van der Waals surface area contributed by atoms with Crippen molar-refractivity contribution in [1.82, 2.24) is 14.5 Å². The number of ether oxygens (including phenoxy) is 2. The molecule has 0 bridgehead atoms. The second-order valence-electron chi connectivity index (χ2n) is 7.93. The molecule has 8 nitrogen and oxygen atoms in total. The van der Waals surface area contributed by atoms with E-state index in [0.29, 0.717) is 38.4 Å². The van der Waals surface area contributed by atoms with Gasteiger partial charge in [-0.05, 0) is 35.4 Å². The van der Waals surface area contributed by atoms with Crippen molar-refractivity contribution in [3.8, 4) is 0 Å². The van der Waals surface area contributed by atoms with Crippen molar-refractivity contribution < 1.29 is 22.7 Å². The number of morpholine rings is 2. The first-order chi connectivity index (χ1) is 15.5. The van der Waals surface area contributed by atoms with Crippen LogP contribution < -0.4 is 5.32 Å². The topological polar surface area (TPSA) is 88.2 Å². The van der Waals surface area contributed by atoms with Crippen LogP contribution in [0.2, 0.25) is 0 Å². The van der Waals surface area contributed by atoms with Crippen molar-refractivity contribution in [1.29, 1.82) is 0 Å². The normalized spacial score (nSPS) is 18.4. The van der Waals surface area contributed by atoms with Gasteiger partial charge < -0.3 is 14.8 Å². The minimum absolute atomic E-state index is 0.154. The lowest BCUT2D eigenvalue weighted by atomic mass is 10.1. The van der Waals surface area contributed by atoms with E-state index in [0.717, 1.165) is 44.0 Å². The monoisotopic (exact) mass is 459 g/mol. The third kappa shape index (κ3) is 5.73. The van der Waals surface area contributed by atoms with Crippen LogP contribution in [0.15, 0.2) is 53.4 Å². The molecular weight excluding hydrogens is 430 g/mol. The number of amides is 1. The smallest absolute Gasteiger partial charge is 0.251 e. The van der Waals surface area contributed by atoms with Crippen molar-refractivity contribution >= 4 is 15.9 Å². The molecule has 0 radical (unpaired) electrons. The van der Waals surface area contributed by atoms with Crippen molar-refractivity contribution in [3.63, 3.8) is 0 Å². The van der Waals surface area contributed by atoms with E-state index < -0.39 is 10.0 Å². The average Bonchev–Trinajstić information content (AvgIpc) is 2.84. The standard InChI is InChI=1S/C23H29N3O5S/c27-23(21-3-1-2-20(16-21)18-25-8-12-30-13-9-25)24-17-19-4-6-22(7-5-19)32(28,29)26-10-14-31-15-11-26/h1-7,16H,8-15,17-18H2,(H,24,27). The highest BCUT2D eigenvalue weighted by atomic mass is 32.2. The number of rotatable bonds is 7. The largest absolute Gasteiger partial charge is 0.379 e. The van der Waals surface area contributed by atoms with Gasteiger partial charge >= 0.3 is 0 Å². The molecule has 9 heteroatoms. The van der Waals surface area contributed by atoms with E-state index in [1.165, 1.54) is 4.31 Å². The number of hydrogen-bond acceptors (Lipinski definition) is 6. The quantitative estimate of drug-likeness (QED) is 0.675. The van der Waals surface area contributed by atoms with Crippen LogP contribution in [0, 0.1) is 0 Å². The molecule has 1 amide bonds. The molecule has 2 aromatic carbocycles.